The normalized spacial score (nSPS) is 13.8. The SMILES string of the molecule is CCNC(CS(=O)c1ccccc1)c1ccc(CC)cc1. The minimum absolute atomic E-state index is 0.127. The number of hydrogen-bond acceptors (Lipinski definition) is 2. The molecule has 0 heterocycles. The number of hydrogen-bond donors (Lipinski definition) is 1. The molecule has 0 amide bonds. The highest BCUT2D eigenvalue weighted by Gasteiger charge is 2.15. The molecular formula is C18H23NOS. The Morgan fingerprint density at radius 2 is 1.67 bits per heavy atom. The number of rotatable bonds is 7. The van der Waals surface area contributed by atoms with Crippen LogP contribution >= 0.6 is 0 Å². The summed E-state index contributed by atoms with van der Waals surface area (Å²) in [6.45, 7) is 5.10. The van der Waals surface area contributed by atoms with Crippen LogP contribution in [0.2, 0.25) is 0 Å². The fourth-order valence-corrected chi connectivity index (χ4v) is 3.59. The van der Waals surface area contributed by atoms with E-state index in [-0.39, 0.29) is 6.04 Å². The second kappa shape index (κ2) is 8.11. The average Bonchev–Trinajstić information content (AvgIpc) is 2.55. The third-order valence-corrected chi connectivity index (χ3v) is 5.00. The summed E-state index contributed by atoms with van der Waals surface area (Å²) in [6, 6.07) is 18.4. The Hall–Kier alpha value is -1.45. The van der Waals surface area contributed by atoms with Crippen LogP contribution < -0.4 is 5.32 Å². The Bertz CT molecular complexity index is 566. The second-order valence-electron chi connectivity index (χ2n) is 5.03. The molecule has 0 saturated heterocycles. The van der Waals surface area contributed by atoms with E-state index in [1.807, 2.05) is 30.3 Å². The predicted octanol–water partition coefficient (Wildman–Crippen LogP) is 3.71. The zero-order valence-electron chi connectivity index (χ0n) is 12.7. The van der Waals surface area contributed by atoms with Gasteiger partial charge in [-0.2, -0.15) is 0 Å². The molecule has 2 aromatic carbocycles. The molecule has 2 aromatic rings. The van der Waals surface area contributed by atoms with Gasteiger partial charge in [0.25, 0.3) is 0 Å². The van der Waals surface area contributed by atoms with Crippen LogP contribution in [-0.2, 0) is 17.2 Å². The Kier molecular flexibility index (Phi) is 6.15. The van der Waals surface area contributed by atoms with Crippen LogP contribution in [0.1, 0.15) is 31.0 Å². The summed E-state index contributed by atoms with van der Waals surface area (Å²) in [5, 5.41) is 3.44. The maximum atomic E-state index is 12.5. The second-order valence-corrected chi connectivity index (χ2v) is 6.53. The van der Waals surface area contributed by atoms with Gasteiger partial charge >= 0.3 is 0 Å². The third-order valence-electron chi connectivity index (χ3n) is 3.56. The largest absolute Gasteiger partial charge is 0.309 e. The lowest BCUT2D eigenvalue weighted by molar-refractivity contribution is 0.594. The number of benzene rings is 2. The fraction of sp³-hybridized carbons (Fsp3) is 0.333. The maximum absolute atomic E-state index is 12.5. The first-order valence-electron chi connectivity index (χ1n) is 7.50. The smallest absolute Gasteiger partial charge is 0.0548 e. The molecule has 0 aliphatic rings. The quantitative estimate of drug-likeness (QED) is 0.844. The molecule has 112 valence electrons. The van der Waals surface area contributed by atoms with Crippen molar-refractivity contribution in [1.29, 1.82) is 0 Å². The Morgan fingerprint density at radius 1 is 1.00 bits per heavy atom. The summed E-state index contributed by atoms with van der Waals surface area (Å²) >= 11 is 0. The molecule has 1 N–H and O–H groups in total. The van der Waals surface area contributed by atoms with E-state index < -0.39 is 10.8 Å². The molecule has 0 radical (unpaired) electrons. The highest BCUT2D eigenvalue weighted by molar-refractivity contribution is 7.85. The van der Waals surface area contributed by atoms with Gasteiger partial charge in [-0.05, 0) is 36.2 Å². The highest BCUT2D eigenvalue weighted by Crippen LogP contribution is 2.18. The fourth-order valence-electron chi connectivity index (χ4n) is 2.32. The highest BCUT2D eigenvalue weighted by atomic mass is 32.2. The van der Waals surface area contributed by atoms with Crippen LogP contribution in [-0.4, -0.2) is 16.5 Å². The summed E-state index contributed by atoms with van der Waals surface area (Å²) in [4.78, 5) is 0.894. The van der Waals surface area contributed by atoms with E-state index in [4.69, 9.17) is 0 Å². The van der Waals surface area contributed by atoms with Crippen molar-refractivity contribution in [2.45, 2.75) is 31.2 Å². The van der Waals surface area contributed by atoms with Gasteiger partial charge in [0.1, 0.15) is 0 Å². The minimum Gasteiger partial charge on any atom is -0.309 e. The molecule has 0 fully saturated rings. The van der Waals surface area contributed by atoms with Crippen molar-refractivity contribution >= 4 is 10.8 Å². The molecule has 3 heteroatoms. The molecular weight excluding hydrogens is 278 g/mol. The summed E-state index contributed by atoms with van der Waals surface area (Å²) in [7, 11) is -0.985. The van der Waals surface area contributed by atoms with Crippen molar-refractivity contribution in [1.82, 2.24) is 5.32 Å². The van der Waals surface area contributed by atoms with Gasteiger partial charge in [-0.1, -0.05) is 56.3 Å². The van der Waals surface area contributed by atoms with Crippen LogP contribution in [0, 0.1) is 0 Å². The molecule has 0 aliphatic carbocycles. The molecule has 0 spiro atoms. The van der Waals surface area contributed by atoms with Gasteiger partial charge < -0.3 is 5.32 Å². The average molecular weight is 301 g/mol. The van der Waals surface area contributed by atoms with Crippen LogP contribution in [0.4, 0.5) is 0 Å². The van der Waals surface area contributed by atoms with E-state index >= 15 is 0 Å². The standard InChI is InChI=1S/C18H23NOS/c1-3-15-10-12-16(13-11-15)18(19-4-2)14-21(20)17-8-6-5-7-9-17/h5-13,18-19H,3-4,14H2,1-2H3. The lowest BCUT2D eigenvalue weighted by atomic mass is 10.1. The van der Waals surface area contributed by atoms with Gasteiger partial charge in [0.2, 0.25) is 0 Å². The molecule has 0 aromatic heterocycles. The minimum atomic E-state index is -0.985. The molecule has 21 heavy (non-hydrogen) atoms. The van der Waals surface area contributed by atoms with Gasteiger partial charge in [0.15, 0.2) is 0 Å². The van der Waals surface area contributed by atoms with Gasteiger partial charge in [0, 0.05) is 16.7 Å². The van der Waals surface area contributed by atoms with Crippen molar-refractivity contribution in [2.75, 3.05) is 12.3 Å². The third kappa shape index (κ3) is 4.51. The zero-order valence-corrected chi connectivity index (χ0v) is 13.5. The lowest BCUT2D eigenvalue weighted by Crippen LogP contribution is -2.26. The van der Waals surface area contributed by atoms with E-state index in [2.05, 4.69) is 43.4 Å². The molecule has 0 bridgehead atoms. The van der Waals surface area contributed by atoms with E-state index in [1.54, 1.807) is 0 Å². The van der Waals surface area contributed by atoms with Crippen LogP contribution in [0.3, 0.4) is 0 Å². The maximum Gasteiger partial charge on any atom is 0.0548 e. The van der Waals surface area contributed by atoms with E-state index in [0.29, 0.717) is 5.75 Å². The van der Waals surface area contributed by atoms with E-state index in [9.17, 15) is 4.21 Å². The molecule has 0 saturated carbocycles. The topological polar surface area (TPSA) is 29.1 Å². The first-order valence-corrected chi connectivity index (χ1v) is 8.82. The van der Waals surface area contributed by atoms with Gasteiger partial charge in [-0.25, -0.2) is 0 Å². The Morgan fingerprint density at radius 3 is 2.24 bits per heavy atom. The van der Waals surface area contributed by atoms with Gasteiger partial charge in [-0.3, -0.25) is 4.21 Å². The van der Waals surface area contributed by atoms with Crippen molar-refractivity contribution in [3.8, 4) is 0 Å². The number of aryl methyl sites for hydroxylation is 1. The van der Waals surface area contributed by atoms with Crippen molar-refractivity contribution < 1.29 is 4.21 Å². The predicted molar refractivity (Wildman–Crippen MR) is 90.0 cm³/mol. The first-order chi connectivity index (χ1) is 10.2. The van der Waals surface area contributed by atoms with Gasteiger partial charge in [0.05, 0.1) is 10.8 Å². The van der Waals surface area contributed by atoms with Crippen LogP contribution in [0.15, 0.2) is 59.5 Å². The summed E-state index contributed by atoms with van der Waals surface area (Å²) < 4.78 is 12.5. The van der Waals surface area contributed by atoms with Crippen LogP contribution in [0.25, 0.3) is 0 Å². The Balaban J connectivity index is 2.13. The summed E-state index contributed by atoms with van der Waals surface area (Å²) in [5.74, 6) is 0.601. The molecule has 2 unspecified atom stereocenters. The van der Waals surface area contributed by atoms with E-state index in [0.717, 1.165) is 17.9 Å². The lowest BCUT2D eigenvalue weighted by Gasteiger charge is -2.18. The molecule has 2 atom stereocenters. The van der Waals surface area contributed by atoms with Crippen molar-refractivity contribution in [3.05, 3.63) is 65.7 Å². The van der Waals surface area contributed by atoms with Crippen molar-refractivity contribution in [3.63, 3.8) is 0 Å². The molecule has 2 rings (SSSR count). The van der Waals surface area contributed by atoms with Gasteiger partial charge in [-0.15, -0.1) is 0 Å². The Labute approximate surface area is 130 Å². The van der Waals surface area contributed by atoms with Crippen LogP contribution in [0.5, 0.6) is 0 Å². The zero-order chi connectivity index (χ0) is 15.1. The first kappa shape index (κ1) is 15.9. The van der Waals surface area contributed by atoms with E-state index in [1.165, 1.54) is 11.1 Å². The monoisotopic (exact) mass is 301 g/mol. The molecule has 0 aliphatic heterocycles. The molecule has 2 nitrogen and oxygen atoms in total. The van der Waals surface area contributed by atoms with Crippen molar-refractivity contribution in [2.24, 2.45) is 0 Å². The number of nitrogens with one attached hydrogen (secondary N) is 1. The summed E-state index contributed by atoms with van der Waals surface area (Å²) in [5.41, 5.74) is 2.54. The summed E-state index contributed by atoms with van der Waals surface area (Å²) in [6.07, 6.45) is 1.04.